The van der Waals surface area contributed by atoms with Gasteiger partial charge in [0, 0.05) is 69.6 Å². The average molecular weight is 546 g/mol. The van der Waals surface area contributed by atoms with Crippen LogP contribution >= 0.6 is 0 Å². The SMILES string of the molecule is CC(C)c1noc(CCC(=O)N2CCN(C(C)C)CCCN(C(=O)CCc3ccccc3)c3ccccc3C2)n1. The van der Waals surface area contributed by atoms with Gasteiger partial charge in [-0.3, -0.25) is 14.5 Å². The lowest BCUT2D eigenvalue weighted by Crippen LogP contribution is -2.41. The highest BCUT2D eigenvalue weighted by molar-refractivity contribution is 5.94. The Hall–Kier alpha value is -3.52. The van der Waals surface area contributed by atoms with Crippen molar-refractivity contribution in [1.82, 2.24) is 19.9 Å². The van der Waals surface area contributed by atoms with Crippen molar-refractivity contribution in [3.05, 3.63) is 77.4 Å². The van der Waals surface area contributed by atoms with Crippen molar-refractivity contribution in [1.29, 1.82) is 0 Å². The number of aromatic nitrogens is 2. The third-order valence-electron chi connectivity index (χ3n) is 7.54. The van der Waals surface area contributed by atoms with Crippen LogP contribution in [0, 0.1) is 0 Å². The van der Waals surface area contributed by atoms with Crippen LogP contribution in [0.3, 0.4) is 0 Å². The van der Waals surface area contributed by atoms with Crippen molar-refractivity contribution in [3.8, 4) is 0 Å². The van der Waals surface area contributed by atoms with E-state index in [0.717, 1.165) is 36.3 Å². The number of benzene rings is 2. The summed E-state index contributed by atoms with van der Waals surface area (Å²) in [7, 11) is 0. The second-order valence-electron chi connectivity index (χ2n) is 11.2. The van der Waals surface area contributed by atoms with Gasteiger partial charge in [-0.1, -0.05) is 67.5 Å². The lowest BCUT2D eigenvalue weighted by Gasteiger charge is -2.30. The molecule has 2 amide bonds. The van der Waals surface area contributed by atoms with Crippen LogP contribution in [0.15, 0.2) is 59.1 Å². The van der Waals surface area contributed by atoms with Crippen molar-refractivity contribution >= 4 is 17.5 Å². The summed E-state index contributed by atoms with van der Waals surface area (Å²) in [5.41, 5.74) is 3.04. The number of rotatable bonds is 8. The number of anilines is 1. The maximum Gasteiger partial charge on any atom is 0.227 e. The molecule has 214 valence electrons. The van der Waals surface area contributed by atoms with Gasteiger partial charge in [-0.05, 0) is 43.9 Å². The number of amides is 2. The van der Waals surface area contributed by atoms with E-state index in [9.17, 15) is 9.59 Å². The zero-order valence-electron chi connectivity index (χ0n) is 24.4. The first-order valence-corrected chi connectivity index (χ1v) is 14.6. The minimum atomic E-state index is 0.0454. The van der Waals surface area contributed by atoms with Gasteiger partial charge in [-0.2, -0.15) is 4.98 Å². The molecule has 40 heavy (non-hydrogen) atoms. The largest absolute Gasteiger partial charge is 0.339 e. The molecule has 0 saturated carbocycles. The van der Waals surface area contributed by atoms with E-state index in [4.69, 9.17) is 4.52 Å². The Morgan fingerprint density at radius 2 is 1.57 bits per heavy atom. The Balaban J connectivity index is 1.54. The Bertz CT molecular complexity index is 1240. The highest BCUT2D eigenvalue weighted by Gasteiger charge is 2.24. The summed E-state index contributed by atoms with van der Waals surface area (Å²) in [5, 5.41) is 4.03. The molecule has 0 fully saturated rings. The van der Waals surface area contributed by atoms with Crippen molar-refractivity contribution in [2.24, 2.45) is 0 Å². The fraction of sp³-hybridized carbons (Fsp3) is 0.500. The lowest BCUT2D eigenvalue weighted by molar-refractivity contribution is -0.132. The molecule has 2 aromatic carbocycles. The van der Waals surface area contributed by atoms with Crippen molar-refractivity contribution in [2.45, 2.75) is 78.3 Å². The van der Waals surface area contributed by atoms with Gasteiger partial charge in [0.15, 0.2) is 5.82 Å². The fourth-order valence-corrected chi connectivity index (χ4v) is 5.10. The van der Waals surface area contributed by atoms with Crippen LogP contribution in [0.1, 0.15) is 75.7 Å². The fourth-order valence-electron chi connectivity index (χ4n) is 5.10. The standard InChI is InChI=1S/C32H43N5O3/c1-24(2)32-33-29(40-34-32)16-18-30(38)36-22-21-35(25(3)4)19-10-20-37(28-14-9-8-13-27(28)23-36)31(39)17-15-26-11-6-5-7-12-26/h5-9,11-14,24-25H,10,15-23H2,1-4H3. The number of nitrogens with zero attached hydrogens (tertiary/aromatic N) is 5. The molecule has 4 rings (SSSR count). The molecule has 0 bridgehead atoms. The summed E-state index contributed by atoms with van der Waals surface area (Å²) in [5.74, 6) is 1.49. The molecule has 3 aromatic rings. The predicted molar refractivity (Wildman–Crippen MR) is 157 cm³/mol. The minimum Gasteiger partial charge on any atom is -0.339 e. The zero-order valence-corrected chi connectivity index (χ0v) is 24.4. The second kappa shape index (κ2) is 14.2. The van der Waals surface area contributed by atoms with Crippen molar-refractivity contribution in [3.63, 3.8) is 0 Å². The number of carbonyl (C=O) groups excluding carboxylic acids is 2. The van der Waals surface area contributed by atoms with E-state index in [-0.39, 0.29) is 17.7 Å². The number of hydrogen-bond acceptors (Lipinski definition) is 6. The van der Waals surface area contributed by atoms with Gasteiger partial charge < -0.3 is 14.3 Å². The first-order chi connectivity index (χ1) is 19.3. The molecule has 0 unspecified atom stereocenters. The molecule has 8 nitrogen and oxygen atoms in total. The van der Waals surface area contributed by atoms with E-state index < -0.39 is 0 Å². The van der Waals surface area contributed by atoms with E-state index in [1.165, 1.54) is 0 Å². The molecule has 1 aliphatic rings. The van der Waals surface area contributed by atoms with Gasteiger partial charge in [0.25, 0.3) is 0 Å². The minimum absolute atomic E-state index is 0.0454. The topological polar surface area (TPSA) is 82.8 Å². The molecule has 8 heteroatoms. The lowest BCUT2D eigenvalue weighted by atomic mass is 10.1. The summed E-state index contributed by atoms with van der Waals surface area (Å²) < 4.78 is 5.38. The molecule has 0 spiro atoms. The van der Waals surface area contributed by atoms with E-state index in [0.29, 0.717) is 63.1 Å². The van der Waals surface area contributed by atoms with Crippen LogP contribution in [0.25, 0.3) is 0 Å². The predicted octanol–water partition coefficient (Wildman–Crippen LogP) is 5.23. The average Bonchev–Trinajstić information content (AvgIpc) is 3.42. The van der Waals surface area contributed by atoms with Crippen LogP contribution < -0.4 is 4.90 Å². The van der Waals surface area contributed by atoms with Crippen molar-refractivity contribution < 1.29 is 14.1 Å². The Labute approximate surface area is 238 Å². The van der Waals surface area contributed by atoms with Crippen molar-refractivity contribution in [2.75, 3.05) is 31.1 Å². The molecule has 0 radical (unpaired) electrons. The highest BCUT2D eigenvalue weighted by atomic mass is 16.5. The molecule has 1 aliphatic heterocycles. The summed E-state index contributed by atoms with van der Waals surface area (Å²) in [6.45, 7) is 11.8. The van der Waals surface area contributed by atoms with Gasteiger partial charge in [-0.15, -0.1) is 0 Å². The summed E-state index contributed by atoms with van der Waals surface area (Å²) in [6, 6.07) is 18.5. The maximum absolute atomic E-state index is 13.6. The van der Waals surface area contributed by atoms with Crippen LogP contribution in [0.4, 0.5) is 5.69 Å². The molecule has 0 aliphatic carbocycles. The number of aryl methyl sites for hydroxylation is 2. The Morgan fingerprint density at radius 3 is 2.30 bits per heavy atom. The normalized spacial score (nSPS) is 15.2. The van der Waals surface area contributed by atoms with Crippen LogP contribution in [0.2, 0.25) is 0 Å². The van der Waals surface area contributed by atoms with E-state index in [2.05, 4.69) is 41.0 Å². The van der Waals surface area contributed by atoms with E-state index >= 15 is 0 Å². The van der Waals surface area contributed by atoms with E-state index in [1.807, 2.05) is 66.1 Å². The van der Waals surface area contributed by atoms with Gasteiger partial charge >= 0.3 is 0 Å². The van der Waals surface area contributed by atoms with E-state index in [1.54, 1.807) is 0 Å². The molecule has 1 aromatic heterocycles. The van der Waals surface area contributed by atoms with Crippen LogP contribution in [-0.2, 0) is 29.0 Å². The van der Waals surface area contributed by atoms with Gasteiger partial charge in [0.05, 0.1) is 0 Å². The molecular weight excluding hydrogens is 502 g/mol. The first kappa shape index (κ1) is 29.5. The Morgan fingerprint density at radius 1 is 0.850 bits per heavy atom. The number of fused-ring (bicyclic) bond motifs is 1. The molecule has 0 N–H and O–H groups in total. The number of carbonyl (C=O) groups is 2. The molecular formula is C32H43N5O3. The molecule has 2 heterocycles. The summed E-state index contributed by atoms with van der Waals surface area (Å²) in [4.78, 5) is 37.9. The number of para-hydroxylation sites is 1. The quantitative estimate of drug-likeness (QED) is 0.385. The monoisotopic (exact) mass is 545 g/mol. The Kier molecular flexibility index (Phi) is 10.5. The maximum atomic E-state index is 13.6. The summed E-state index contributed by atoms with van der Waals surface area (Å²) >= 11 is 0. The van der Waals surface area contributed by atoms with Crippen LogP contribution in [-0.4, -0.2) is 64.0 Å². The first-order valence-electron chi connectivity index (χ1n) is 14.6. The van der Waals surface area contributed by atoms with Crippen LogP contribution in [0.5, 0.6) is 0 Å². The van der Waals surface area contributed by atoms with Gasteiger partial charge in [0.2, 0.25) is 17.7 Å². The number of hydrogen-bond donors (Lipinski definition) is 0. The highest BCUT2D eigenvalue weighted by Crippen LogP contribution is 2.25. The summed E-state index contributed by atoms with van der Waals surface area (Å²) in [6.07, 6.45) is 2.72. The van der Waals surface area contributed by atoms with Gasteiger partial charge in [-0.25, -0.2) is 0 Å². The molecule has 0 saturated heterocycles. The van der Waals surface area contributed by atoms with Gasteiger partial charge in [0.1, 0.15) is 0 Å². The third kappa shape index (κ3) is 8.01. The second-order valence-corrected chi connectivity index (χ2v) is 11.2. The molecule has 0 atom stereocenters. The third-order valence-corrected chi connectivity index (χ3v) is 7.54. The zero-order chi connectivity index (χ0) is 28.5. The smallest absolute Gasteiger partial charge is 0.227 e.